The second-order valence-corrected chi connectivity index (χ2v) is 4.55. The molecule has 0 aliphatic rings. The highest BCUT2D eigenvalue weighted by Gasteiger charge is 2.10. The maximum Gasteiger partial charge on any atom is 0.273 e. The number of nitrogens with zero attached hydrogens (tertiary/aromatic N) is 1. The van der Waals surface area contributed by atoms with E-state index in [2.05, 4.69) is 0 Å². The molecule has 5 heteroatoms. The number of aryl methyl sites for hydroxylation is 1. The Balaban J connectivity index is 2.12. The first-order chi connectivity index (χ1) is 9.06. The van der Waals surface area contributed by atoms with Crippen molar-refractivity contribution in [1.82, 2.24) is 0 Å². The molecule has 0 unspecified atom stereocenters. The molecule has 0 saturated heterocycles. The van der Waals surface area contributed by atoms with Gasteiger partial charge in [0.05, 0.1) is 16.0 Å². The molecule has 98 valence electrons. The lowest BCUT2D eigenvalue weighted by molar-refractivity contribution is -0.384. The van der Waals surface area contributed by atoms with Crippen molar-refractivity contribution in [2.75, 3.05) is 0 Å². The van der Waals surface area contributed by atoms with E-state index in [1.165, 1.54) is 18.2 Å². The van der Waals surface area contributed by atoms with Crippen LogP contribution in [-0.4, -0.2) is 4.92 Å². The van der Waals surface area contributed by atoms with Crippen LogP contribution in [0.3, 0.4) is 0 Å². The Bertz CT molecular complexity index is 596. The third kappa shape index (κ3) is 3.45. The third-order valence-corrected chi connectivity index (χ3v) is 2.95. The van der Waals surface area contributed by atoms with Crippen LogP contribution in [0.5, 0.6) is 5.75 Å². The Morgan fingerprint density at radius 3 is 2.53 bits per heavy atom. The summed E-state index contributed by atoms with van der Waals surface area (Å²) >= 11 is 5.94. The van der Waals surface area contributed by atoms with Gasteiger partial charge in [0.25, 0.3) is 5.69 Å². The van der Waals surface area contributed by atoms with Gasteiger partial charge in [0, 0.05) is 6.07 Å². The van der Waals surface area contributed by atoms with Gasteiger partial charge in [0.1, 0.15) is 12.4 Å². The van der Waals surface area contributed by atoms with E-state index in [9.17, 15) is 10.1 Å². The van der Waals surface area contributed by atoms with Gasteiger partial charge in [0.15, 0.2) is 0 Å². The molecule has 0 atom stereocenters. The van der Waals surface area contributed by atoms with E-state index >= 15 is 0 Å². The zero-order valence-electron chi connectivity index (χ0n) is 10.3. The monoisotopic (exact) mass is 277 g/mol. The molecule has 19 heavy (non-hydrogen) atoms. The van der Waals surface area contributed by atoms with Crippen LogP contribution in [0.4, 0.5) is 5.69 Å². The van der Waals surface area contributed by atoms with E-state index in [-0.39, 0.29) is 5.69 Å². The first-order valence-electron chi connectivity index (χ1n) is 5.68. The van der Waals surface area contributed by atoms with E-state index < -0.39 is 4.92 Å². The highest BCUT2D eigenvalue weighted by molar-refractivity contribution is 6.32. The molecule has 0 heterocycles. The van der Waals surface area contributed by atoms with Gasteiger partial charge in [-0.2, -0.15) is 0 Å². The van der Waals surface area contributed by atoms with Gasteiger partial charge in [-0.05, 0) is 18.6 Å². The molecule has 4 nitrogen and oxygen atoms in total. The SMILES string of the molecule is Cc1ccc(COc2cc([N+](=O)[O-])ccc2Cl)cc1. The molecule has 0 saturated carbocycles. The lowest BCUT2D eigenvalue weighted by Crippen LogP contribution is -1.97. The van der Waals surface area contributed by atoms with Gasteiger partial charge < -0.3 is 4.74 Å². The summed E-state index contributed by atoms with van der Waals surface area (Å²) in [7, 11) is 0. The maximum atomic E-state index is 10.7. The topological polar surface area (TPSA) is 52.4 Å². The predicted octanol–water partition coefficient (Wildman–Crippen LogP) is 4.14. The summed E-state index contributed by atoms with van der Waals surface area (Å²) in [5.74, 6) is 0.316. The Labute approximate surface area is 115 Å². The number of rotatable bonds is 4. The minimum Gasteiger partial charge on any atom is -0.487 e. The van der Waals surface area contributed by atoms with Crippen molar-refractivity contribution in [2.24, 2.45) is 0 Å². The summed E-state index contributed by atoms with van der Waals surface area (Å²) in [5, 5.41) is 11.0. The first-order valence-corrected chi connectivity index (χ1v) is 6.06. The highest BCUT2D eigenvalue weighted by atomic mass is 35.5. The average molecular weight is 278 g/mol. The second kappa shape index (κ2) is 5.71. The molecule has 0 N–H and O–H groups in total. The van der Waals surface area contributed by atoms with Gasteiger partial charge in [-0.15, -0.1) is 0 Å². The fourth-order valence-corrected chi connectivity index (χ4v) is 1.73. The summed E-state index contributed by atoms with van der Waals surface area (Å²) in [6, 6.07) is 12.0. The van der Waals surface area contributed by atoms with Crippen molar-refractivity contribution < 1.29 is 9.66 Å². The largest absolute Gasteiger partial charge is 0.487 e. The quantitative estimate of drug-likeness (QED) is 0.623. The lowest BCUT2D eigenvalue weighted by Gasteiger charge is -2.08. The number of hydrogen-bond acceptors (Lipinski definition) is 3. The second-order valence-electron chi connectivity index (χ2n) is 4.15. The highest BCUT2D eigenvalue weighted by Crippen LogP contribution is 2.29. The van der Waals surface area contributed by atoms with E-state index in [1.54, 1.807) is 0 Å². The number of hydrogen-bond donors (Lipinski definition) is 0. The molecular weight excluding hydrogens is 266 g/mol. The lowest BCUT2D eigenvalue weighted by atomic mass is 10.2. The van der Waals surface area contributed by atoms with Crippen LogP contribution >= 0.6 is 11.6 Å². The average Bonchev–Trinajstić information content (AvgIpc) is 2.39. The Hall–Kier alpha value is -2.07. The molecule has 0 aliphatic heterocycles. The molecule has 0 fully saturated rings. The molecule has 2 aromatic rings. The zero-order valence-corrected chi connectivity index (χ0v) is 11.1. The van der Waals surface area contributed by atoms with Gasteiger partial charge >= 0.3 is 0 Å². The Morgan fingerprint density at radius 2 is 1.89 bits per heavy atom. The standard InChI is InChI=1S/C14H12ClNO3/c1-10-2-4-11(5-3-10)9-19-14-8-12(16(17)18)6-7-13(14)15/h2-8H,9H2,1H3. The molecule has 0 radical (unpaired) electrons. The summed E-state index contributed by atoms with van der Waals surface area (Å²) < 4.78 is 5.52. The van der Waals surface area contributed by atoms with Gasteiger partial charge in [0.2, 0.25) is 0 Å². The fourth-order valence-electron chi connectivity index (χ4n) is 1.56. The number of non-ortho nitro benzene ring substituents is 1. The van der Waals surface area contributed by atoms with E-state index in [0.29, 0.717) is 17.4 Å². The molecule has 2 rings (SSSR count). The maximum absolute atomic E-state index is 10.7. The summed E-state index contributed by atoms with van der Waals surface area (Å²) in [5.41, 5.74) is 2.11. The smallest absolute Gasteiger partial charge is 0.273 e. The van der Waals surface area contributed by atoms with Crippen molar-refractivity contribution in [3.8, 4) is 5.75 Å². The molecule has 2 aromatic carbocycles. The Kier molecular flexibility index (Phi) is 4.02. The molecule has 0 amide bonds. The predicted molar refractivity (Wildman–Crippen MR) is 73.6 cm³/mol. The van der Waals surface area contributed by atoms with Crippen LogP contribution in [0.15, 0.2) is 42.5 Å². The molecule has 0 bridgehead atoms. The van der Waals surface area contributed by atoms with Gasteiger partial charge in [-0.25, -0.2) is 0 Å². The van der Waals surface area contributed by atoms with Gasteiger partial charge in [-0.3, -0.25) is 10.1 Å². The minimum atomic E-state index is -0.477. The van der Waals surface area contributed by atoms with Crippen LogP contribution in [-0.2, 0) is 6.61 Å². The number of nitro groups is 1. The van der Waals surface area contributed by atoms with E-state index in [0.717, 1.165) is 11.1 Å². The fraction of sp³-hybridized carbons (Fsp3) is 0.143. The molecule has 0 aromatic heterocycles. The van der Waals surface area contributed by atoms with Gasteiger partial charge in [-0.1, -0.05) is 41.4 Å². The summed E-state index contributed by atoms with van der Waals surface area (Å²) in [6.07, 6.45) is 0. The summed E-state index contributed by atoms with van der Waals surface area (Å²) in [4.78, 5) is 10.2. The van der Waals surface area contributed by atoms with Crippen LogP contribution in [0.1, 0.15) is 11.1 Å². The molecule has 0 spiro atoms. The van der Waals surface area contributed by atoms with Crippen molar-refractivity contribution in [3.05, 3.63) is 68.7 Å². The molecular formula is C14H12ClNO3. The van der Waals surface area contributed by atoms with Crippen molar-refractivity contribution in [3.63, 3.8) is 0 Å². The molecule has 0 aliphatic carbocycles. The van der Waals surface area contributed by atoms with Crippen LogP contribution in [0, 0.1) is 17.0 Å². The number of nitro benzene ring substituents is 1. The normalized spacial score (nSPS) is 10.2. The third-order valence-electron chi connectivity index (χ3n) is 2.64. The van der Waals surface area contributed by atoms with Crippen molar-refractivity contribution >= 4 is 17.3 Å². The zero-order chi connectivity index (χ0) is 13.8. The minimum absolute atomic E-state index is 0.0386. The van der Waals surface area contributed by atoms with E-state index in [1.807, 2.05) is 31.2 Å². The summed E-state index contributed by atoms with van der Waals surface area (Å²) in [6.45, 7) is 2.32. The van der Waals surface area contributed by atoms with Crippen molar-refractivity contribution in [2.45, 2.75) is 13.5 Å². The number of ether oxygens (including phenoxy) is 1. The van der Waals surface area contributed by atoms with Crippen LogP contribution in [0.2, 0.25) is 5.02 Å². The number of halogens is 1. The van der Waals surface area contributed by atoms with Crippen LogP contribution in [0.25, 0.3) is 0 Å². The first kappa shape index (κ1) is 13.4. The van der Waals surface area contributed by atoms with E-state index in [4.69, 9.17) is 16.3 Å². The number of benzene rings is 2. The Morgan fingerprint density at radius 1 is 1.21 bits per heavy atom. The van der Waals surface area contributed by atoms with Crippen LogP contribution < -0.4 is 4.74 Å². The van der Waals surface area contributed by atoms with Crippen molar-refractivity contribution in [1.29, 1.82) is 0 Å².